The van der Waals surface area contributed by atoms with E-state index in [0.29, 0.717) is 33.8 Å². The minimum absolute atomic E-state index is 0.185. The summed E-state index contributed by atoms with van der Waals surface area (Å²) in [5, 5.41) is 2.23. The fourth-order valence-electron chi connectivity index (χ4n) is 3.90. The first-order chi connectivity index (χ1) is 18.2. The van der Waals surface area contributed by atoms with Crippen molar-refractivity contribution in [2.45, 2.75) is 20.8 Å². The van der Waals surface area contributed by atoms with E-state index in [1.807, 2.05) is 45.0 Å². The molecular weight excluding hydrogens is 552 g/mol. The average molecular weight is 579 g/mol. The summed E-state index contributed by atoms with van der Waals surface area (Å²) in [6.07, 6.45) is 1.41. The highest BCUT2D eigenvalue weighted by atomic mass is 79.9. The van der Waals surface area contributed by atoms with E-state index < -0.39 is 17.8 Å². The van der Waals surface area contributed by atoms with Gasteiger partial charge in [-0.25, -0.2) is 9.69 Å². The van der Waals surface area contributed by atoms with Crippen molar-refractivity contribution >= 4 is 45.5 Å². The molecule has 0 bridgehead atoms. The lowest BCUT2D eigenvalue weighted by atomic mass is 10.1. The molecular formula is C29H27BrN2O6. The second kappa shape index (κ2) is 11.5. The molecule has 4 amide bonds. The predicted octanol–water partition coefficient (Wildman–Crippen LogP) is 5.51. The van der Waals surface area contributed by atoms with E-state index in [0.717, 1.165) is 21.8 Å². The number of halogens is 1. The lowest BCUT2D eigenvalue weighted by Gasteiger charge is -2.26. The zero-order chi connectivity index (χ0) is 27.4. The number of carbonyl (C=O) groups is 3. The molecule has 1 heterocycles. The first-order valence-electron chi connectivity index (χ1n) is 11.9. The topological polar surface area (TPSA) is 94.2 Å². The first kappa shape index (κ1) is 26.9. The van der Waals surface area contributed by atoms with Gasteiger partial charge in [-0.2, -0.15) is 0 Å². The van der Waals surface area contributed by atoms with Crippen LogP contribution in [0.15, 0.2) is 64.6 Å². The molecule has 0 atom stereocenters. The zero-order valence-electron chi connectivity index (χ0n) is 21.5. The number of ether oxygens (including phenoxy) is 3. The van der Waals surface area contributed by atoms with Crippen molar-refractivity contribution in [3.8, 4) is 17.2 Å². The molecule has 4 rings (SSSR count). The number of amides is 4. The Bertz CT molecular complexity index is 1450. The molecule has 0 saturated carbocycles. The van der Waals surface area contributed by atoms with Gasteiger partial charge in [-0.05, 0) is 101 Å². The maximum atomic E-state index is 13.2. The van der Waals surface area contributed by atoms with Crippen LogP contribution in [0.1, 0.15) is 22.3 Å². The molecule has 0 radical (unpaired) electrons. The quantitative estimate of drug-likeness (QED) is 0.215. The van der Waals surface area contributed by atoms with Crippen LogP contribution in [0, 0.1) is 20.8 Å². The number of anilines is 1. The van der Waals surface area contributed by atoms with E-state index >= 15 is 0 Å². The van der Waals surface area contributed by atoms with Gasteiger partial charge < -0.3 is 14.2 Å². The minimum Gasteiger partial charge on any atom is -0.493 e. The Morgan fingerprint density at radius 1 is 0.921 bits per heavy atom. The number of benzene rings is 3. The number of nitrogens with one attached hydrogen (secondary N) is 1. The minimum atomic E-state index is -0.798. The number of rotatable bonds is 8. The van der Waals surface area contributed by atoms with Crippen LogP contribution in [-0.4, -0.2) is 38.2 Å². The Hall–Kier alpha value is -4.11. The predicted molar refractivity (Wildman–Crippen MR) is 148 cm³/mol. The average Bonchev–Trinajstić information content (AvgIpc) is 2.87. The molecule has 9 heteroatoms. The summed E-state index contributed by atoms with van der Waals surface area (Å²) in [6.45, 7) is 6.50. The lowest BCUT2D eigenvalue weighted by Crippen LogP contribution is -2.54. The van der Waals surface area contributed by atoms with Crippen LogP contribution in [-0.2, 0) is 9.59 Å². The van der Waals surface area contributed by atoms with Crippen LogP contribution in [0.3, 0.4) is 0 Å². The molecule has 1 aliphatic rings. The highest BCUT2D eigenvalue weighted by molar-refractivity contribution is 9.10. The third-order valence-corrected chi connectivity index (χ3v) is 6.59. The fourth-order valence-corrected chi connectivity index (χ4v) is 4.47. The largest absolute Gasteiger partial charge is 0.493 e. The molecule has 1 aliphatic heterocycles. The summed E-state index contributed by atoms with van der Waals surface area (Å²) in [6, 6.07) is 15.3. The number of nitrogens with zero attached hydrogens (tertiary/aromatic N) is 1. The van der Waals surface area contributed by atoms with E-state index in [-0.39, 0.29) is 12.2 Å². The van der Waals surface area contributed by atoms with Crippen molar-refractivity contribution < 1.29 is 28.6 Å². The van der Waals surface area contributed by atoms with Crippen molar-refractivity contribution in [3.63, 3.8) is 0 Å². The molecule has 0 unspecified atom stereocenters. The third kappa shape index (κ3) is 5.89. The summed E-state index contributed by atoms with van der Waals surface area (Å²) < 4.78 is 17.7. The van der Waals surface area contributed by atoms with Gasteiger partial charge in [-0.3, -0.25) is 14.9 Å². The third-order valence-electron chi connectivity index (χ3n) is 6.00. The lowest BCUT2D eigenvalue weighted by molar-refractivity contribution is -0.122. The van der Waals surface area contributed by atoms with Gasteiger partial charge in [0, 0.05) is 0 Å². The van der Waals surface area contributed by atoms with Gasteiger partial charge in [0.15, 0.2) is 11.5 Å². The van der Waals surface area contributed by atoms with Crippen molar-refractivity contribution in [2.75, 3.05) is 25.2 Å². The summed E-state index contributed by atoms with van der Waals surface area (Å²) >= 11 is 3.49. The molecule has 3 aromatic rings. The maximum Gasteiger partial charge on any atom is 0.335 e. The monoisotopic (exact) mass is 578 g/mol. The van der Waals surface area contributed by atoms with Crippen molar-refractivity contribution in [2.24, 2.45) is 0 Å². The Kier molecular flexibility index (Phi) is 8.16. The van der Waals surface area contributed by atoms with E-state index in [1.54, 1.807) is 30.3 Å². The van der Waals surface area contributed by atoms with Gasteiger partial charge in [0.1, 0.15) is 24.5 Å². The normalized spacial score (nSPS) is 14.5. The number of aryl methyl sites for hydroxylation is 3. The van der Waals surface area contributed by atoms with Gasteiger partial charge in [-0.1, -0.05) is 18.2 Å². The smallest absolute Gasteiger partial charge is 0.335 e. The Balaban J connectivity index is 1.52. The van der Waals surface area contributed by atoms with Crippen LogP contribution < -0.4 is 24.4 Å². The molecule has 0 aliphatic carbocycles. The summed E-state index contributed by atoms with van der Waals surface area (Å²) in [5.74, 6) is 0.117. The molecule has 8 nitrogen and oxygen atoms in total. The maximum absolute atomic E-state index is 13.2. The number of hydrogen-bond acceptors (Lipinski definition) is 6. The number of urea groups is 1. The number of barbiturate groups is 1. The zero-order valence-corrected chi connectivity index (χ0v) is 23.0. The Morgan fingerprint density at radius 2 is 1.68 bits per heavy atom. The molecule has 1 fully saturated rings. The second-order valence-electron chi connectivity index (χ2n) is 8.77. The molecule has 1 N–H and O–H groups in total. The van der Waals surface area contributed by atoms with Crippen LogP contribution in [0.4, 0.5) is 10.5 Å². The van der Waals surface area contributed by atoms with Gasteiger partial charge in [-0.15, -0.1) is 0 Å². The second-order valence-corrected chi connectivity index (χ2v) is 9.63. The molecule has 196 valence electrons. The number of imide groups is 2. The molecule has 1 saturated heterocycles. The highest BCUT2D eigenvalue weighted by Gasteiger charge is 2.36. The van der Waals surface area contributed by atoms with E-state index in [4.69, 9.17) is 14.2 Å². The van der Waals surface area contributed by atoms with Gasteiger partial charge in [0.2, 0.25) is 0 Å². The molecule has 3 aromatic carbocycles. The van der Waals surface area contributed by atoms with Gasteiger partial charge in [0.05, 0.1) is 17.3 Å². The highest BCUT2D eigenvalue weighted by Crippen LogP contribution is 2.37. The number of hydrogen-bond donors (Lipinski definition) is 1. The van der Waals surface area contributed by atoms with Gasteiger partial charge in [0.25, 0.3) is 11.8 Å². The Labute approximate surface area is 229 Å². The van der Waals surface area contributed by atoms with E-state index in [2.05, 4.69) is 21.2 Å². The van der Waals surface area contributed by atoms with E-state index in [9.17, 15) is 14.4 Å². The van der Waals surface area contributed by atoms with Gasteiger partial charge >= 0.3 is 6.03 Å². The Morgan fingerprint density at radius 3 is 2.39 bits per heavy atom. The van der Waals surface area contributed by atoms with Crippen LogP contribution in [0.5, 0.6) is 17.2 Å². The molecule has 0 spiro atoms. The van der Waals surface area contributed by atoms with E-state index in [1.165, 1.54) is 18.7 Å². The number of methoxy groups -OCH3 is 1. The number of carbonyl (C=O) groups excluding carboxylic acids is 3. The van der Waals surface area contributed by atoms with Crippen LogP contribution in [0.25, 0.3) is 6.08 Å². The fraction of sp³-hybridized carbons (Fsp3) is 0.207. The van der Waals surface area contributed by atoms with Crippen molar-refractivity contribution in [1.29, 1.82) is 0 Å². The standard InChI is InChI=1S/C29H27BrN2O6/c1-17-6-5-7-21(12-17)32-28(34)23(27(33)31-29(32)35)14-20-15-24(30)26(25(16-20)36-4)38-11-10-37-22-9-8-18(2)19(3)13-22/h5-9,12-16H,10-11H2,1-4H3,(H,31,33,35)/b23-14+. The van der Waals surface area contributed by atoms with Crippen LogP contribution in [0.2, 0.25) is 0 Å². The SMILES string of the molecule is COc1cc(/C=C2\C(=O)NC(=O)N(c3cccc(C)c3)C2=O)cc(Br)c1OCCOc1ccc(C)c(C)c1. The van der Waals surface area contributed by atoms with Crippen LogP contribution >= 0.6 is 15.9 Å². The molecule has 38 heavy (non-hydrogen) atoms. The van der Waals surface area contributed by atoms with Crippen molar-refractivity contribution in [3.05, 3.63) is 86.9 Å². The summed E-state index contributed by atoms with van der Waals surface area (Å²) in [5.41, 5.74) is 3.90. The molecule has 0 aromatic heterocycles. The first-order valence-corrected chi connectivity index (χ1v) is 12.7. The summed E-state index contributed by atoms with van der Waals surface area (Å²) in [4.78, 5) is 39.2. The van der Waals surface area contributed by atoms with Crippen molar-refractivity contribution in [1.82, 2.24) is 5.32 Å². The summed E-state index contributed by atoms with van der Waals surface area (Å²) in [7, 11) is 1.49.